The molecule has 0 fully saturated rings. The number of para-hydroxylation sites is 2. The monoisotopic (exact) mass is 373 g/mol. The molecule has 0 unspecified atom stereocenters. The lowest BCUT2D eigenvalue weighted by Gasteiger charge is -1.98. The first-order chi connectivity index (χ1) is 14.3. The van der Waals surface area contributed by atoms with Gasteiger partial charge in [0.1, 0.15) is 0 Å². The first-order valence-corrected chi connectivity index (χ1v) is 9.60. The van der Waals surface area contributed by atoms with E-state index in [1.54, 1.807) is 0 Å². The molecule has 0 aliphatic rings. The summed E-state index contributed by atoms with van der Waals surface area (Å²) in [5.41, 5.74) is 5.96. The van der Waals surface area contributed by atoms with Crippen molar-refractivity contribution in [3.05, 3.63) is 108 Å². The number of nitrogens with zero attached hydrogens (tertiary/aromatic N) is 2. The number of H-pyrrole nitrogens is 1. The van der Waals surface area contributed by atoms with Crippen molar-refractivity contribution >= 4 is 46.1 Å². The quantitative estimate of drug-likeness (QED) is 0.393. The minimum Gasteiger partial charge on any atom is -0.356 e. The van der Waals surface area contributed by atoms with Crippen LogP contribution in [0.5, 0.6) is 0 Å². The van der Waals surface area contributed by atoms with Crippen LogP contribution in [0.4, 0.5) is 0 Å². The van der Waals surface area contributed by atoms with Crippen LogP contribution < -0.4 is 0 Å². The van der Waals surface area contributed by atoms with Crippen LogP contribution >= 0.6 is 0 Å². The Hall–Kier alpha value is -3.98. The largest absolute Gasteiger partial charge is 0.356 e. The van der Waals surface area contributed by atoms with Crippen molar-refractivity contribution in [2.75, 3.05) is 0 Å². The Kier molecular flexibility index (Phi) is 4.47. The van der Waals surface area contributed by atoms with Crippen LogP contribution in [0.3, 0.4) is 0 Å². The van der Waals surface area contributed by atoms with E-state index in [0.717, 1.165) is 44.6 Å². The molecule has 0 saturated heterocycles. The van der Waals surface area contributed by atoms with Crippen molar-refractivity contribution in [3.63, 3.8) is 0 Å². The van der Waals surface area contributed by atoms with Crippen molar-refractivity contribution in [2.24, 2.45) is 0 Å². The predicted octanol–water partition coefficient (Wildman–Crippen LogP) is 6.45. The highest BCUT2D eigenvalue weighted by molar-refractivity contribution is 5.82. The van der Waals surface area contributed by atoms with E-state index < -0.39 is 0 Å². The summed E-state index contributed by atoms with van der Waals surface area (Å²) in [7, 11) is 0. The lowest BCUT2D eigenvalue weighted by Crippen LogP contribution is -1.83. The van der Waals surface area contributed by atoms with E-state index in [2.05, 4.69) is 51.4 Å². The third-order valence-corrected chi connectivity index (χ3v) is 4.84. The van der Waals surface area contributed by atoms with Crippen LogP contribution in [0, 0.1) is 0 Å². The van der Waals surface area contributed by atoms with Crippen LogP contribution in [0.2, 0.25) is 0 Å². The van der Waals surface area contributed by atoms with Gasteiger partial charge in [0.15, 0.2) is 0 Å². The summed E-state index contributed by atoms with van der Waals surface area (Å²) in [5, 5.41) is 2.30. The van der Waals surface area contributed by atoms with Gasteiger partial charge in [-0.2, -0.15) is 0 Å². The molecule has 3 heterocycles. The topological polar surface area (TPSA) is 41.6 Å². The smallest absolute Gasteiger partial charge is 0.0709 e. The number of hydrogen-bond acceptors (Lipinski definition) is 2. The molecule has 0 radical (unpaired) electrons. The molecule has 5 rings (SSSR count). The van der Waals surface area contributed by atoms with Crippen molar-refractivity contribution in [3.8, 4) is 0 Å². The van der Waals surface area contributed by atoms with E-state index in [1.807, 2.05) is 72.8 Å². The number of aromatic amines is 1. The molecule has 0 aliphatic heterocycles. The second kappa shape index (κ2) is 7.56. The van der Waals surface area contributed by atoms with E-state index in [1.165, 1.54) is 0 Å². The molecule has 0 amide bonds. The average molecular weight is 373 g/mol. The van der Waals surface area contributed by atoms with E-state index in [-0.39, 0.29) is 0 Å². The third kappa shape index (κ3) is 3.85. The fraction of sp³-hybridized carbons (Fsp3) is 0. The lowest BCUT2D eigenvalue weighted by atomic mass is 10.2. The van der Waals surface area contributed by atoms with Gasteiger partial charge in [-0.1, -0.05) is 48.5 Å². The fourth-order valence-electron chi connectivity index (χ4n) is 3.32. The lowest BCUT2D eigenvalue weighted by molar-refractivity contribution is 1.34. The van der Waals surface area contributed by atoms with Crippen LogP contribution in [-0.2, 0) is 0 Å². The molecule has 0 saturated carbocycles. The maximum Gasteiger partial charge on any atom is 0.0709 e. The average Bonchev–Trinajstić information content (AvgIpc) is 3.24. The summed E-state index contributed by atoms with van der Waals surface area (Å²) in [5.74, 6) is 0. The van der Waals surface area contributed by atoms with E-state index in [4.69, 9.17) is 0 Å². The summed E-state index contributed by atoms with van der Waals surface area (Å²) in [6.07, 6.45) is 8.14. The van der Waals surface area contributed by atoms with Crippen molar-refractivity contribution in [1.29, 1.82) is 0 Å². The van der Waals surface area contributed by atoms with Gasteiger partial charge in [0.2, 0.25) is 0 Å². The maximum absolute atomic E-state index is 4.67. The highest BCUT2D eigenvalue weighted by atomic mass is 14.7. The first-order valence-electron chi connectivity index (χ1n) is 9.60. The minimum atomic E-state index is 0.941. The molecule has 0 spiro atoms. The molecule has 3 heteroatoms. The molecular formula is C26H19N3. The fourth-order valence-corrected chi connectivity index (χ4v) is 3.32. The molecule has 0 aliphatic carbocycles. The Balaban J connectivity index is 1.32. The van der Waals surface area contributed by atoms with Crippen LogP contribution in [0.25, 0.3) is 46.1 Å². The third-order valence-electron chi connectivity index (χ3n) is 4.84. The Morgan fingerprint density at radius 3 is 1.48 bits per heavy atom. The van der Waals surface area contributed by atoms with Gasteiger partial charge in [-0.3, -0.25) is 0 Å². The highest BCUT2D eigenvalue weighted by Gasteiger charge is 1.98. The molecule has 138 valence electrons. The minimum absolute atomic E-state index is 0.941. The van der Waals surface area contributed by atoms with Gasteiger partial charge in [-0.05, 0) is 60.7 Å². The summed E-state index contributed by atoms with van der Waals surface area (Å²) >= 11 is 0. The van der Waals surface area contributed by atoms with Gasteiger partial charge in [0.05, 0.1) is 22.4 Å². The molecule has 29 heavy (non-hydrogen) atoms. The Morgan fingerprint density at radius 1 is 0.483 bits per heavy atom. The summed E-state index contributed by atoms with van der Waals surface area (Å²) in [4.78, 5) is 12.7. The van der Waals surface area contributed by atoms with Crippen molar-refractivity contribution in [2.45, 2.75) is 0 Å². The highest BCUT2D eigenvalue weighted by Crippen LogP contribution is 2.16. The van der Waals surface area contributed by atoms with Gasteiger partial charge < -0.3 is 4.98 Å². The number of rotatable bonds is 4. The van der Waals surface area contributed by atoms with Gasteiger partial charge in [0.25, 0.3) is 0 Å². The van der Waals surface area contributed by atoms with Crippen LogP contribution in [0.15, 0.2) is 84.9 Å². The number of aromatic nitrogens is 3. The standard InChI is InChI=1S/C26H19N3/c1-3-7-25-19(5-1)9-11-23(28-25)17-15-21-13-14-22(27-21)16-18-24-12-10-20-6-2-4-8-26(20)29-24/h1-18,27H/b17-15+,18-16+. The summed E-state index contributed by atoms with van der Waals surface area (Å²) in [6.45, 7) is 0. The maximum atomic E-state index is 4.67. The predicted molar refractivity (Wildman–Crippen MR) is 122 cm³/mol. The second-order valence-electron chi connectivity index (χ2n) is 6.89. The first kappa shape index (κ1) is 17.1. The zero-order valence-electron chi connectivity index (χ0n) is 15.8. The number of nitrogens with one attached hydrogen (secondary N) is 1. The second-order valence-corrected chi connectivity index (χ2v) is 6.89. The van der Waals surface area contributed by atoms with E-state index >= 15 is 0 Å². The van der Waals surface area contributed by atoms with Crippen LogP contribution in [0.1, 0.15) is 22.8 Å². The molecule has 0 bridgehead atoms. The number of pyridine rings is 2. The number of hydrogen-bond donors (Lipinski definition) is 1. The molecule has 0 atom stereocenters. The van der Waals surface area contributed by atoms with Crippen LogP contribution in [-0.4, -0.2) is 15.0 Å². The zero-order valence-corrected chi connectivity index (χ0v) is 15.8. The van der Waals surface area contributed by atoms with Gasteiger partial charge in [0, 0.05) is 22.2 Å². The zero-order chi connectivity index (χ0) is 19.5. The number of benzene rings is 2. The Bertz CT molecular complexity index is 1260. The van der Waals surface area contributed by atoms with Crippen molar-refractivity contribution < 1.29 is 0 Å². The SMILES string of the molecule is C(=C\c1ccc(/C=C/c2ccc3ccccc3n2)[nH]1)/c1ccc2ccccc2n1. The summed E-state index contributed by atoms with van der Waals surface area (Å²) in [6, 6.07) is 28.7. The normalized spacial score (nSPS) is 11.9. The molecule has 3 nitrogen and oxygen atoms in total. The van der Waals surface area contributed by atoms with Gasteiger partial charge in [-0.15, -0.1) is 0 Å². The molecule has 2 aromatic carbocycles. The van der Waals surface area contributed by atoms with E-state index in [0.29, 0.717) is 0 Å². The number of fused-ring (bicyclic) bond motifs is 2. The van der Waals surface area contributed by atoms with Gasteiger partial charge >= 0.3 is 0 Å². The molecule has 1 N–H and O–H groups in total. The molecule has 5 aromatic rings. The summed E-state index contributed by atoms with van der Waals surface area (Å²) < 4.78 is 0. The Labute approximate surface area is 169 Å². The molecular weight excluding hydrogens is 354 g/mol. The Morgan fingerprint density at radius 2 is 0.966 bits per heavy atom. The van der Waals surface area contributed by atoms with E-state index in [9.17, 15) is 0 Å². The van der Waals surface area contributed by atoms with Crippen molar-refractivity contribution in [1.82, 2.24) is 15.0 Å². The van der Waals surface area contributed by atoms with Gasteiger partial charge in [-0.25, -0.2) is 9.97 Å². The molecule has 3 aromatic heterocycles.